The Morgan fingerprint density at radius 1 is 1.15 bits per heavy atom. The minimum Gasteiger partial charge on any atom is -0.444 e. The largest absolute Gasteiger partial charge is 0.444 e. The molecule has 10 heteroatoms. The van der Waals surface area contributed by atoms with Crippen LogP contribution in [0.4, 0.5) is 18.0 Å². The molecular formula is C24H29F3N4O3. The number of fused-ring (bicyclic) bond motifs is 1. The van der Waals surface area contributed by atoms with Gasteiger partial charge in [0.15, 0.2) is 0 Å². The summed E-state index contributed by atoms with van der Waals surface area (Å²) in [5, 5.41) is 5.45. The lowest BCUT2D eigenvalue weighted by Crippen LogP contribution is -2.45. The van der Waals surface area contributed by atoms with E-state index in [9.17, 15) is 22.8 Å². The SMILES string of the molecule is CC(C)(C)OC(=O)N1CC=C(c2nn(CC(=O)N3CCC[C@H]3C(F)(F)F)c3ccccc23)CC1. The molecule has 1 atom stereocenters. The van der Waals surface area contributed by atoms with E-state index in [0.717, 1.165) is 15.9 Å². The summed E-state index contributed by atoms with van der Waals surface area (Å²) in [5.74, 6) is -0.589. The molecule has 1 aromatic carbocycles. The van der Waals surface area contributed by atoms with Gasteiger partial charge in [-0.05, 0) is 51.7 Å². The van der Waals surface area contributed by atoms with E-state index in [1.165, 1.54) is 4.68 Å². The molecule has 7 nitrogen and oxygen atoms in total. The number of ether oxygens (including phenoxy) is 1. The van der Waals surface area contributed by atoms with Crippen LogP contribution in [0.3, 0.4) is 0 Å². The predicted molar refractivity (Wildman–Crippen MR) is 121 cm³/mol. The third-order valence-corrected chi connectivity index (χ3v) is 6.06. The molecular weight excluding hydrogens is 449 g/mol. The summed E-state index contributed by atoms with van der Waals surface area (Å²) in [6.07, 6.45) is -2.08. The molecule has 0 aliphatic carbocycles. The normalized spacial score (nSPS) is 19.5. The van der Waals surface area contributed by atoms with Crippen molar-refractivity contribution >= 4 is 28.5 Å². The predicted octanol–water partition coefficient (Wildman–Crippen LogP) is 4.61. The van der Waals surface area contributed by atoms with E-state index in [1.807, 2.05) is 45.0 Å². The molecule has 2 aliphatic rings. The van der Waals surface area contributed by atoms with Gasteiger partial charge in [0.1, 0.15) is 18.2 Å². The molecule has 2 aromatic rings. The summed E-state index contributed by atoms with van der Waals surface area (Å²) in [5.41, 5.74) is 1.71. The standard InChI is InChI=1S/C24H29F3N4O3/c1-23(2,3)34-22(33)29-13-10-16(11-14-29)21-17-7-4-5-8-18(17)31(28-21)15-20(32)30-12-6-9-19(30)24(25,26)27/h4-5,7-8,10,19H,6,9,11-15H2,1-3H3/t19-/m0/s1. The van der Waals surface area contributed by atoms with Crippen LogP contribution in [0.5, 0.6) is 0 Å². The van der Waals surface area contributed by atoms with Gasteiger partial charge in [0, 0.05) is 25.0 Å². The second kappa shape index (κ2) is 8.96. The number of alkyl halides is 3. The number of hydrogen-bond acceptors (Lipinski definition) is 4. The minimum atomic E-state index is -4.43. The highest BCUT2D eigenvalue weighted by molar-refractivity contribution is 5.92. The van der Waals surface area contributed by atoms with Gasteiger partial charge in [0.05, 0.1) is 11.2 Å². The number of benzene rings is 1. The summed E-state index contributed by atoms with van der Waals surface area (Å²) < 4.78 is 46.9. The maximum absolute atomic E-state index is 13.3. The van der Waals surface area contributed by atoms with E-state index < -0.39 is 23.7 Å². The van der Waals surface area contributed by atoms with Crippen molar-refractivity contribution in [3.8, 4) is 0 Å². The van der Waals surface area contributed by atoms with Crippen molar-refractivity contribution in [3.05, 3.63) is 36.0 Å². The molecule has 1 saturated heterocycles. The van der Waals surface area contributed by atoms with E-state index in [0.29, 0.717) is 37.1 Å². The molecule has 1 fully saturated rings. The molecule has 0 unspecified atom stereocenters. The van der Waals surface area contributed by atoms with Crippen LogP contribution >= 0.6 is 0 Å². The van der Waals surface area contributed by atoms with Crippen molar-refractivity contribution in [1.29, 1.82) is 0 Å². The summed E-state index contributed by atoms with van der Waals surface area (Å²) in [4.78, 5) is 27.7. The highest BCUT2D eigenvalue weighted by Crippen LogP contribution is 2.33. The van der Waals surface area contributed by atoms with Gasteiger partial charge >= 0.3 is 12.3 Å². The van der Waals surface area contributed by atoms with Crippen molar-refractivity contribution in [2.24, 2.45) is 0 Å². The second-order valence-electron chi connectivity index (χ2n) is 9.72. The quantitative estimate of drug-likeness (QED) is 0.646. The van der Waals surface area contributed by atoms with Gasteiger partial charge in [-0.1, -0.05) is 24.3 Å². The molecule has 0 saturated carbocycles. The highest BCUT2D eigenvalue weighted by Gasteiger charge is 2.47. The van der Waals surface area contributed by atoms with Crippen molar-refractivity contribution in [1.82, 2.24) is 19.6 Å². The van der Waals surface area contributed by atoms with Crippen LogP contribution in [0.25, 0.3) is 16.5 Å². The average Bonchev–Trinajstić information content (AvgIpc) is 3.39. The van der Waals surface area contributed by atoms with Gasteiger partial charge in [-0.3, -0.25) is 9.48 Å². The minimum absolute atomic E-state index is 0.0681. The Balaban J connectivity index is 1.55. The first-order valence-electron chi connectivity index (χ1n) is 11.4. The van der Waals surface area contributed by atoms with E-state index in [1.54, 1.807) is 11.0 Å². The zero-order chi connectivity index (χ0) is 24.7. The lowest BCUT2D eigenvalue weighted by Gasteiger charge is -2.29. The number of para-hydroxylation sites is 1. The van der Waals surface area contributed by atoms with Crippen molar-refractivity contribution < 1.29 is 27.5 Å². The fourth-order valence-corrected chi connectivity index (χ4v) is 4.49. The number of amides is 2. The van der Waals surface area contributed by atoms with Crippen molar-refractivity contribution in [3.63, 3.8) is 0 Å². The molecule has 4 rings (SSSR count). The number of aromatic nitrogens is 2. The van der Waals surface area contributed by atoms with Crippen LogP contribution in [0.2, 0.25) is 0 Å². The topological polar surface area (TPSA) is 67.7 Å². The van der Waals surface area contributed by atoms with Crippen LogP contribution in [0.15, 0.2) is 30.3 Å². The fourth-order valence-electron chi connectivity index (χ4n) is 4.49. The number of hydrogen-bond donors (Lipinski definition) is 0. The number of carbonyl (C=O) groups is 2. The van der Waals surface area contributed by atoms with Gasteiger partial charge in [-0.2, -0.15) is 18.3 Å². The Hall–Kier alpha value is -3.04. The van der Waals surface area contributed by atoms with Gasteiger partial charge in [0.25, 0.3) is 0 Å². The zero-order valence-corrected chi connectivity index (χ0v) is 19.6. The average molecular weight is 479 g/mol. The first-order valence-corrected chi connectivity index (χ1v) is 11.4. The van der Waals surface area contributed by atoms with Crippen molar-refractivity contribution in [2.75, 3.05) is 19.6 Å². The Morgan fingerprint density at radius 2 is 1.88 bits per heavy atom. The number of rotatable bonds is 3. The van der Waals surface area contributed by atoms with Gasteiger partial charge < -0.3 is 14.5 Å². The van der Waals surface area contributed by atoms with Crippen LogP contribution in [-0.2, 0) is 16.1 Å². The maximum Gasteiger partial charge on any atom is 0.410 e. The molecule has 0 N–H and O–H groups in total. The highest BCUT2D eigenvalue weighted by atomic mass is 19.4. The Morgan fingerprint density at radius 3 is 2.53 bits per heavy atom. The molecule has 184 valence electrons. The van der Waals surface area contributed by atoms with Crippen molar-refractivity contribution in [2.45, 2.75) is 64.4 Å². The Kier molecular flexibility index (Phi) is 6.35. The number of nitrogens with zero attached hydrogens (tertiary/aromatic N) is 4. The lowest BCUT2D eigenvalue weighted by atomic mass is 10.0. The molecule has 34 heavy (non-hydrogen) atoms. The summed E-state index contributed by atoms with van der Waals surface area (Å²) in [7, 11) is 0. The summed E-state index contributed by atoms with van der Waals surface area (Å²) in [6, 6.07) is 5.62. The third-order valence-electron chi connectivity index (χ3n) is 6.06. The van der Waals surface area contributed by atoms with E-state index >= 15 is 0 Å². The van der Waals surface area contributed by atoms with Crippen LogP contribution in [0, 0.1) is 0 Å². The molecule has 0 bridgehead atoms. The molecule has 1 aromatic heterocycles. The number of halogens is 3. The smallest absolute Gasteiger partial charge is 0.410 e. The zero-order valence-electron chi connectivity index (χ0n) is 19.6. The lowest BCUT2D eigenvalue weighted by molar-refractivity contribution is -0.183. The van der Waals surface area contributed by atoms with Gasteiger partial charge in [0.2, 0.25) is 5.91 Å². The molecule has 0 radical (unpaired) electrons. The molecule has 2 aliphatic heterocycles. The van der Waals surface area contributed by atoms with Crippen LogP contribution in [0.1, 0.15) is 45.7 Å². The number of likely N-dealkylation sites (tertiary alicyclic amines) is 1. The fraction of sp³-hybridized carbons (Fsp3) is 0.542. The Labute approximate surface area is 196 Å². The Bertz CT molecular complexity index is 1120. The van der Waals surface area contributed by atoms with E-state index in [2.05, 4.69) is 5.10 Å². The van der Waals surface area contributed by atoms with E-state index in [-0.39, 0.29) is 25.6 Å². The number of carbonyl (C=O) groups excluding carboxylic acids is 2. The molecule has 0 spiro atoms. The van der Waals surface area contributed by atoms with E-state index in [4.69, 9.17) is 4.74 Å². The third kappa shape index (κ3) is 5.05. The molecule has 3 heterocycles. The van der Waals surface area contributed by atoms with Crippen LogP contribution < -0.4 is 0 Å². The second-order valence-corrected chi connectivity index (χ2v) is 9.72. The maximum atomic E-state index is 13.3. The first-order chi connectivity index (χ1) is 15.9. The molecule has 2 amide bonds. The monoisotopic (exact) mass is 478 g/mol. The van der Waals surface area contributed by atoms with Gasteiger partial charge in [-0.15, -0.1) is 0 Å². The van der Waals surface area contributed by atoms with Gasteiger partial charge in [-0.25, -0.2) is 4.79 Å². The first kappa shape index (κ1) is 24.1. The summed E-state index contributed by atoms with van der Waals surface area (Å²) >= 11 is 0. The summed E-state index contributed by atoms with van der Waals surface area (Å²) in [6.45, 7) is 6.11. The van der Waals surface area contributed by atoms with Crippen LogP contribution in [-0.4, -0.2) is 69.0 Å².